The third-order valence-electron chi connectivity index (χ3n) is 2.66. The standard InChI is InChI=1S/C12H13F2N3/c1-7-5-11(17(2)16-7)12(15)8-3-4-9(13)10(14)6-8/h3-6,12H,15H2,1-2H3. The molecule has 0 saturated heterocycles. The van der Waals surface area contributed by atoms with Crippen molar-refractivity contribution in [1.82, 2.24) is 9.78 Å². The fourth-order valence-electron chi connectivity index (χ4n) is 1.80. The number of rotatable bonds is 2. The Morgan fingerprint density at radius 2 is 1.94 bits per heavy atom. The average molecular weight is 237 g/mol. The van der Waals surface area contributed by atoms with Crippen LogP contribution in [0.5, 0.6) is 0 Å². The molecule has 0 spiro atoms. The molecule has 1 aromatic carbocycles. The Hall–Kier alpha value is -1.75. The van der Waals surface area contributed by atoms with E-state index in [-0.39, 0.29) is 0 Å². The summed E-state index contributed by atoms with van der Waals surface area (Å²) in [6.07, 6.45) is 0. The SMILES string of the molecule is Cc1cc(C(N)c2ccc(F)c(F)c2)n(C)n1. The van der Waals surface area contributed by atoms with Crippen molar-refractivity contribution in [2.24, 2.45) is 12.8 Å². The summed E-state index contributed by atoms with van der Waals surface area (Å²) in [6, 6.07) is 4.98. The first-order valence-electron chi connectivity index (χ1n) is 5.20. The molecule has 2 N–H and O–H groups in total. The number of aromatic nitrogens is 2. The number of benzene rings is 1. The molecule has 17 heavy (non-hydrogen) atoms. The molecule has 1 unspecified atom stereocenters. The Bertz CT molecular complexity index is 549. The molecule has 0 saturated carbocycles. The maximum Gasteiger partial charge on any atom is 0.159 e. The zero-order valence-electron chi connectivity index (χ0n) is 9.61. The zero-order chi connectivity index (χ0) is 12.6. The molecule has 1 atom stereocenters. The van der Waals surface area contributed by atoms with Crippen LogP contribution in [0.3, 0.4) is 0 Å². The van der Waals surface area contributed by atoms with Gasteiger partial charge in [-0.05, 0) is 30.7 Å². The molecule has 1 heterocycles. The molecule has 0 amide bonds. The molecular formula is C12H13F2N3. The summed E-state index contributed by atoms with van der Waals surface area (Å²) < 4.78 is 27.6. The van der Waals surface area contributed by atoms with E-state index in [1.54, 1.807) is 11.7 Å². The van der Waals surface area contributed by atoms with Crippen molar-refractivity contribution in [3.05, 3.63) is 52.9 Å². The molecule has 0 aliphatic rings. The summed E-state index contributed by atoms with van der Waals surface area (Å²) >= 11 is 0. The van der Waals surface area contributed by atoms with Gasteiger partial charge in [-0.1, -0.05) is 6.07 Å². The Morgan fingerprint density at radius 3 is 2.47 bits per heavy atom. The summed E-state index contributed by atoms with van der Waals surface area (Å²) in [5, 5.41) is 4.17. The lowest BCUT2D eigenvalue weighted by Crippen LogP contribution is -2.16. The smallest absolute Gasteiger partial charge is 0.159 e. The van der Waals surface area contributed by atoms with E-state index < -0.39 is 17.7 Å². The van der Waals surface area contributed by atoms with Gasteiger partial charge in [0.1, 0.15) is 0 Å². The van der Waals surface area contributed by atoms with Crippen molar-refractivity contribution < 1.29 is 8.78 Å². The molecule has 5 heteroatoms. The van der Waals surface area contributed by atoms with E-state index >= 15 is 0 Å². The van der Waals surface area contributed by atoms with Gasteiger partial charge < -0.3 is 5.73 Å². The lowest BCUT2D eigenvalue weighted by atomic mass is 10.0. The Labute approximate surface area is 97.9 Å². The highest BCUT2D eigenvalue weighted by molar-refractivity contribution is 5.29. The molecule has 0 aliphatic heterocycles. The second kappa shape index (κ2) is 4.25. The minimum atomic E-state index is -0.892. The van der Waals surface area contributed by atoms with Crippen molar-refractivity contribution in [3.63, 3.8) is 0 Å². The van der Waals surface area contributed by atoms with Crippen LogP contribution in [0, 0.1) is 18.6 Å². The van der Waals surface area contributed by atoms with Gasteiger partial charge >= 0.3 is 0 Å². The van der Waals surface area contributed by atoms with Gasteiger partial charge in [-0.3, -0.25) is 4.68 Å². The fraction of sp³-hybridized carbons (Fsp3) is 0.250. The second-order valence-corrected chi connectivity index (χ2v) is 3.99. The van der Waals surface area contributed by atoms with E-state index in [9.17, 15) is 8.78 Å². The number of aryl methyl sites for hydroxylation is 2. The highest BCUT2D eigenvalue weighted by atomic mass is 19.2. The van der Waals surface area contributed by atoms with E-state index in [0.29, 0.717) is 5.56 Å². The molecule has 1 aromatic heterocycles. The minimum Gasteiger partial charge on any atom is -0.319 e. The molecule has 0 radical (unpaired) electrons. The number of nitrogens with two attached hydrogens (primary N) is 1. The molecule has 2 rings (SSSR count). The quantitative estimate of drug-likeness (QED) is 0.868. The lowest BCUT2D eigenvalue weighted by molar-refractivity contribution is 0.505. The summed E-state index contributed by atoms with van der Waals surface area (Å²) in [4.78, 5) is 0. The van der Waals surface area contributed by atoms with Crippen molar-refractivity contribution in [1.29, 1.82) is 0 Å². The predicted molar refractivity (Wildman–Crippen MR) is 60.3 cm³/mol. The van der Waals surface area contributed by atoms with Gasteiger partial charge in [0.15, 0.2) is 11.6 Å². The molecule has 0 aliphatic carbocycles. The highest BCUT2D eigenvalue weighted by Gasteiger charge is 2.15. The van der Waals surface area contributed by atoms with Crippen LogP contribution in [0.4, 0.5) is 8.78 Å². The summed E-state index contributed by atoms with van der Waals surface area (Å²) in [6.45, 7) is 1.85. The Morgan fingerprint density at radius 1 is 1.24 bits per heavy atom. The lowest BCUT2D eigenvalue weighted by Gasteiger charge is -2.12. The molecular weight excluding hydrogens is 224 g/mol. The van der Waals surface area contributed by atoms with Crippen LogP contribution >= 0.6 is 0 Å². The van der Waals surface area contributed by atoms with Crippen LogP contribution in [-0.4, -0.2) is 9.78 Å². The van der Waals surface area contributed by atoms with E-state index in [4.69, 9.17) is 5.73 Å². The van der Waals surface area contributed by atoms with Gasteiger partial charge in [0.2, 0.25) is 0 Å². The number of hydrogen-bond donors (Lipinski definition) is 1. The largest absolute Gasteiger partial charge is 0.319 e. The van der Waals surface area contributed by atoms with Gasteiger partial charge in [0, 0.05) is 7.05 Å². The van der Waals surface area contributed by atoms with Gasteiger partial charge in [0.25, 0.3) is 0 Å². The third kappa shape index (κ3) is 2.19. The van der Waals surface area contributed by atoms with Gasteiger partial charge in [0.05, 0.1) is 17.4 Å². The van der Waals surface area contributed by atoms with Gasteiger partial charge in [-0.2, -0.15) is 5.10 Å². The molecule has 3 nitrogen and oxygen atoms in total. The molecule has 2 aromatic rings. The van der Waals surface area contributed by atoms with Crippen LogP contribution < -0.4 is 5.73 Å². The zero-order valence-corrected chi connectivity index (χ0v) is 9.61. The maximum absolute atomic E-state index is 13.1. The van der Waals surface area contributed by atoms with Crippen LogP contribution in [0.1, 0.15) is 23.0 Å². The molecule has 0 fully saturated rings. The van der Waals surface area contributed by atoms with Crippen molar-refractivity contribution in [3.8, 4) is 0 Å². The monoisotopic (exact) mass is 237 g/mol. The van der Waals surface area contributed by atoms with Crippen LogP contribution in [-0.2, 0) is 7.05 Å². The van der Waals surface area contributed by atoms with Crippen molar-refractivity contribution >= 4 is 0 Å². The van der Waals surface area contributed by atoms with E-state index in [1.165, 1.54) is 6.07 Å². The third-order valence-corrected chi connectivity index (χ3v) is 2.66. The Balaban J connectivity index is 2.40. The van der Waals surface area contributed by atoms with Crippen LogP contribution in [0.2, 0.25) is 0 Å². The predicted octanol–water partition coefficient (Wildman–Crippen LogP) is 2.05. The minimum absolute atomic E-state index is 0.517. The maximum atomic E-state index is 13.1. The summed E-state index contributed by atoms with van der Waals surface area (Å²) in [5.74, 6) is -1.76. The van der Waals surface area contributed by atoms with Crippen molar-refractivity contribution in [2.75, 3.05) is 0 Å². The topological polar surface area (TPSA) is 43.8 Å². The van der Waals surface area contributed by atoms with Gasteiger partial charge in [-0.15, -0.1) is 0 Å². The average Bonchev–Trinajstić information content (AvgIpc) is 2.61. The van der Waals surface area contributed by atoms with Crippen LogP contribution in [0.25, 0.3) is 0 Å². The summed E-state index contributed by atoms with van der Waals surface area (Å²) in [7, 11) is 1.77. The number of hydrogen-bond acceptors (Lipinski definition) is 2. The van der Waals surface area contributed by atoms with Gasteiger partial charge in [-0.25, -0.2) is 8.78 Å². The normalized spacial score (nSPS) is 12.8. The molecule has 90 valence electrons. The fourth-order valence-corrected chi connectivity index (χ4v) is 1.80. The number of nitrogens with zero attached hydrogens (tertiary/aromatic N) is 2. The first kappa shape index (κ1) is 11.7. The first-order chi connectivity index (χ1) is 7.99. The second-order valence-electron chi connectivity index (χ2n) is 3.99. The van der Waals surface area contributed by atoms with E-state index in [0.717, 1.165) is 23.5 Å². The first-order valence-corrected chi connectivity index (χ1v) is 5.20. The summed E-state index contributed by atoms with van der Waals surface area (Å²) in [5.41, 5.74) is 8.11. The van der Waals surface area contributed by atoms with Crippen LogP contribution in [0.15, 0.2) is 24.3 Å². The number of halogens is 2. The Kier molecular flexibility index (Phi) is 2.93. The molecule has 0 bridgehead atoms. The van der Waals surface area contributed by atoms with E-state index in [1.807, 2.05) is 13.0 Å². The van der Waals surface area contributed by atoms with E-state index in [2.05, 4.69) is 5.10 Å². The highest BCUT2D eigenvalue weighted by Crippen LogP contribution is 2.21. The van der Waals surface area contributed by atoms with Crippen molar-refractivity contribution in [2.45, 2.75) is 13.0 Å².